The lowest BCUT2D eigenvalue weighted by atomic mass is 10.2. The van der Waals surface area contributed by atoms with Crippen LogP contribution in [0.1, 0.15) is 32.2 Å². The molecule has 4 rings (SSSR count). The van der Waals surface area contributed by atoms with Crippen LogP contribution in [0.5, 0.6) is 5.75 Å². The highest BCUT2D eigenvalue weighted by Gasteiger charge is 2.23. The first-order valence-electron chi connectivity index (χ1n) is 11.1. The van der Waals surface area contributed by atoms with E-state index >= 15 is 0 Å². The van der Waals surface area contributed by atoms with Gasteiger partial charge >= 0.3 is 0 Å². The molecule has 0 fully saturated rings. The van der Waals surface area contributed by atoms with E-state index in [1.807, 2.05) is 46.0 Å². The minimum absolute atomic E-state index is 0.0191. The van der Waals surface area contributed by atoms with E-state index < -0.39 is 15.9 Å². The molecular formula is C26H23N5O4S2. The van der Waals surface area contributed by atoms with Crippen molar-refractivity contribution in [3.8, 4) is 11.8 Å². The van der Waals surface area contributed by atoms with Gasteiger partial charge in [0.25, 0.3) is 5.91 Å². The summed E-state index contributed by atoms with van der Waals surface area (Å²) in [5, 5.41) is 9.67. The maximum absolute atomic E-state index is 12.5. The average Bonchev–Trinajstić information content (AvgIpc) is 3.27. The molecule has 0 saturated carbocycles. The number of hydrogen-bond donors (Lipinski definition) is 1. The number of rotatable bonds is 9. The normalized spacial score (nSPS) is 10.9. The smallest absolute Gasteiger partial charge is 0.284 e. The minimum atomic E-state index is -3.75. The zero-order valence-corrected chi connectivity index (χ0v) is 21.7. The van der Waals surface area contributed by atoms with Crippen LogP contribution in [0.25, 0.3) is 0 Å². The summed E-state index contributed by atoms with van der Waals surface area (Å²) >= 11 is 1.24. The molecule has 2 aromatic carbocycles. The van der Waals surface area contributed by atoms with E-state index in [-0.39, 0.29) is 12.2 Å². The maximum Gasteiger partial charge on any atom is 0.284 e. The van der Waals surface area contributed by atoms with Gasteiger partial charge in [0, 0.05) is 16.8 Å². The van der Waals surface area contributed by atoms with E-state index in [2.05, 4.69) is 16.0 Å². The number of ether oxygens (including phenoxy) is 1. The molecule has 11 heteroatoms. The lowest BCUT2D eigenvalue weighted by Gasteiger charge is -2.23. The maximum atomic E-state index is 12.5. The fourth-order valence-corrected chi connectivity index (χ4v) is 4.83. The molecule has 2 heterocycles. The van der Waals surface area contributed by atoms with E-state index in [9.17, 15) is 18.5 Å². The number of benzene rings is 2. The Hall–Kier alpha value is -4.27. The summed E-state index contributed by atoms with van der Waals surface area (Å²) in [4.78, 5) is 23.9. The fourth-order valence-electron chi connectivity index (χ4n) is 3.47. The molecule has 0 radical (unpaired) electrons. The molecule has 0 aliphatic carbocycles. The SMILES string of the molecule is Cc1sc(N(Cc2ncccc2OCc2ccccc2)c2ccc(C#N)cc2)nc1C(=O)NS(C)(=O)=O. The first kappa shape index (κ1) is 25.8. The summed E-state index contributed by atoms with van der Waals surface area (Å²) in [6.07, 6.45) is 2.58. The van der Waals surface area contributed by atoms with E-state index in [1.54, 1.807) is 43.5 Å². The quantitative estimate of drug-likeness (QED) is 0.337. The third-order valence-electron chi connectivity index (χ3n) is 5.21. The van der Waals surface area contributed by atoms with Gasteiger partial charge in [0.05, 0.1) is 24.4 Å². The Balaban J connectivity index is 1.68. The molecule has 0 bridgehead atoms. The largest absolute Gasteiger partial charge is 0.487 e. The molecule has 1 amide bonds. The van der Waals surface area contributed by atoms with Gasteiger partial charge in [-0.3, -0.25) is 9.78 Å². The van der Waals surface area contributed by atoms with Gasteiger partial charge < -0.3 is 9.64 Å². The number of aryl methyl sites for hydroxylation is 1. The number of sulfonamides is 1. The molecule has 0 atom stereocenters. The minimum Gasteiger partial charge on any atom is -0.487 e. The molecule has 0 saturated heterocycles. The van der Waals surface area contributed by atoms with Crippen molar-refractivity contribution >= 4 is 38.1 Å². The molecule has 37 heavy (non-hydrogen) atoms. The van der Waals surface area contributed by atoms with Crippen molar-refractivity contribution in [1.29, 1.82) is 5.26 Å². The molecule has 2 aromatic heterocycles. The van der Waals surface area contributed by atoms with Crippen molar-refractivity contribution in [2.75, 3.05) is 11.2 Å². The van der Waals surface area contributed by atoms with E-state index in [0.29, 0.717) is 39.3 Å². The van der Waals surface area contributed by atoms with Gasteiger partial charge in [0.1, 0.15) is 23.7 Å². The number of nitrogens with zero attached hydrogens (tertiary/aromatic N) is 4. The summed E-state index contributed by atoms with van der Waals surface area (Å²) in [7, 11) is -3.75. The number of hydrogen-bond acceptors (Lipinski definition) is 9. The third-order valence-corrected chi connectivity index (χ3v) is 6.76. The van der Waals surface area contributed by atoms with Gasteiger partial charge in [0.15, 0.2) is 5.13 Å². The fraction of sp³-hybridized carbons (Fsp3) is 0.154. The third kappa shape index (κ3) is 6.69. The zero-order chi connectivity index (χ0) is 26.4. The van der Waals surface area contributed by atoms with Crippen LogP contribution in [0.3, 0.4) is 0 Å². The first-order valence-corrected chi connectivity index (χ1v) is 13.8. The second-order valence-electron chi connectivity index (χ2n) is 8.07. The standard InChI is InChI=1S/C26H23N5O4S2/c1-18-24(25(32)30-37(2,33)34)29-26(36-18)31(21-12-10-19(15-27)11-13-21)16-22-23(9-6-14-28-22)35-17-20-7-4-3-5-8-20/h3-14H,16-17H2,1-2H3,(H,30,32). The number of carbonyl (C=O) groups is 1. The van der Waals surface area contributed by atoms with Gasteiger partial charge in [-0.2, -0.15) is 5.26 Å². The van der Waals surface area contributed by atoms with Crippen LogP contribution in [0, 0.1) is 18.3 Å². The van der Waals surface area contributed by atoms with E-state index in [0.717, 1.165) is 11.8 Å². The van der Waals surface area contributed by atoms with Crippen molar-refractivity contribution in [3.63, 3.8) is 0 Å². The first-order chi connectivity index (χ1) is 17.7. The van der Waals surface area contributed by atoms with E-state index in [4.69, 9.17) is 4.74 Å². The van der Waals surface area contributed by atoms with Crippen molar-refractivity contribution < 1.29 is 17.9 Å². The monoisotopic (exact) mass is 533 g/mol. The Morgan fingerprint density at radius 1 is 1.11 bits per heavy atom. The number of amides is 1. The van der Waals surface area contributed by atoms with Gasteiger partial charge in [0.2, 0.25) is 10.0 Å². The van der Waals surface area contributed by atoms with Gasteiger partial charge in [-0.15, -0.1) is 11.3 Å². The summed E-state index contributed by atoms with van der Waals surface area (Å²) < 4.78 is 31.2. The van der Waals surface area contributed by atoms with Crippen molar-refractivity contribution in [2.24, 2.45) is 0 Å². The summed E-state index contributed by atoms with van der Waals surface area (Å²) in [6.45, 7) is 2.31. The Bertz CT molecular complexity index is 1550. The lowest BCUT2D eigenvalue weighted by molar-refractivity contribution is 0.0977. The molecule has 0 aliphatic heterocycles. The predicted molar refractivity (Wildman–Crippen MR) is 141 cm³/mol. The molecule has 0 aliphatic rings. The van der Waals surface area contributed by atoms with Crippen molar-refractivity contribution in [1.82, 2.24) is 14.7 Å². The number of carbonyl (C=O) groups excluding carboxylic acids is 1. The van der Waals surface area contributed by atoms with Gasteiger partial charge in [-0.25, -0.2) is 18.1 Å². The molecule has 0 spiro atoms. The van der Waals surface area contributed by atoms with Crippen LogP contribution in [0.15, 0.2) is 72.9 Å². The van der Waals surface area contributed by atoms with Crippen LogP contribution >= 0.6 is 11.3 Å². The highest BCUT2D eigenvalue weighted by atomic mass is 32.2. The Morgan fingerprint density at radius 2 is 1.84 bits per heavy atom. The van der Waals surface area contributed by atoms with Crippen molar-refractivity contribution in [3.05, 3.63) is 100 Å². The molecule has 188 valence electrons. The molecule has 9 nitrogen and oxygen atoms in total. The van der Waals surface area contributed by atoms with Gasteiger partial charge in [-0.05, 0) is 48.9 Å². The highest BCUT2D eigenvalue weighted by molar-refractivity contribution is 7.89. The second kappa shape index (κ2) is 11.2. The number of aromatic nitrogens is 2. The Morgan fingerprint density at radius 3 is 2.51 bits per heavy atom. The van der Waals surface area contributed by atoms with Crippen molar-refractivity contribution in [2.45, 2.75) is 20.1 Å². The predicted octanol–water partition coefficient (Wildman–Crippen LogP) is 4.32. The van der Waals surface area contributed by atoms with Crippen LogP contribution in [-0.4, -0.2) is 30.5 Å². The van der Waals surface area contributed by atoms with E-state index in [1.165, 1.54) is 11.3 Å². The van der Waals surface area contributed by atoms with Crippen LogP contribution in [0.4, 0.5) is 10.8 Å². The second-order valence-corrected chi connectivity index (χ2v) is 11.0. The number of nitriles is 1. The molecule has 0 unspecified atom stereocenters. The number of anilines is 2. The summed E-state index contributed by atoms with van der Waals surface area (Å²) in [5.41, 5.74) is 2.88. The lowest BCUT2D eigenvalue weighted by Crippen LogP contribution is -2.30. The molecule has 1 N–H and O–H groups in total. The summed E-state index contributed by atoms with van der Waals surface area (Å²) in [5.74, 6) is -0.208. The topological polar surface area (TPSA) is 125 Å². The van der Waals surface area contributed by atoms with Crippen LogP contribution in [-0.2, 0) is 23.2 Å². The van der Waals surface area contributed by atoms with Gasteiger partial charge in [-0.1, -0.05) is 30.3 Å². The highest BCUT2D eigenvalue weighted by Crippen LogP contribution is 2.34. The number of nitrogens with one attached hydrogen (secondary N) is 1. The average molecular weight is 534 g/mol. The van der Waals surface area contributed by atoms with Crippen LogP contribution < -0.4 is 14.4 Å². The number of thiazole rings is 1. The van der Waals surface area contributed by atoms with Crippen LogP contribution in [0.2, 0.25) is 0 Å². The Labute approximate surface area is 219 Å². The molecule has 4 aromatic rings. The Kier molecular flexibility index (Phi) is 7.81. The summed E-state index contributed by atoms with van der Waals surface area (Å²) in [6, 6.07) is 22.4. The number of pyridine rings is 1. The zero-order valence-electron chi connectivity index (χ0n) is 20.1. The molecular weight excluding hydrogens is 510 g/mol.